The normalized spacial score (nSPS) is 11.1. The molecule has 0 aliphatic carbocycles. The molecule has 1 heterocycles. The summed E-state index contributed by atoms with van der Waals surface area (Å²) in [5.41, 5.74) is 3.56. The molecule has 0 aliphatic heterocycles. The van der Waals surface area contributed by atoms with Crippen molar-refractivity contribution in [2.45, 2.75) is 47.1 Å². The average Bonchev–Trinajstić information content (AvgIpc) is 2.87. The second-order valence-corrected chi connectivity index (χ2v) is 8.95. The summed E-state index contributed by atoms with van der Waals surface area (Å²) in [5, 5.41) is 4.99. The van der Waals surface area contributed by atoms with Gasteiger partial charge in [-0.2, -0.15) is 0 Å². The molecule has 2 aromatic carbocycles. The van der Waals surface area contributed by atoms with Crippen molar-refractivity contribution >= 4 is 33.9 Å². The molecule has 0 unspecified atom stereocenters. The van der Waals surface area contributed by atoms with Crippen molar-refractivity contribution in [3.8, 4) is 5.75 Å². The topological polar surface area (TPSA) is 60.6 Å². The van der Waals surface area contributed by atoms with E-state index in [1.54, 1.807) is 0 Å². The number of benzene rings is 2. The van der Waals surface area contributed by atoms with Gasteiger partial charge in [0.2, 0.25) is 0 Å². The number of hydrogen-bond acceptors (Lipinski definition) is 4. The minimum absolute atomic E-state index is 0.0759. The van der Waals surface area contributed by atoms with Crippen LogP contribution in [-0.4, -0.2) is 52.7 Å². The number of H-pyrrole nitrogens is 1. The van der Waals surface area contributed by atoms with Gasteiger partial charge in [0.05, 0.1) is 18.8 Å². The minimum Gasteiger partial charge on any atom is -0.492 e. The number of ether oxygens (including phenoxy) is 1. The molecule has 7 heteroatoms. The van der Waals surface area contributed by atoms with Gasteiger partial charge in [-0.3, -0.25) is 4.79 Å². The molecule has 2 N–H and O–H groups in total. The monoisotopic (exact) mass is 494 g/mol. The Labute approximate surface area is 214 Å². The second-order valence-electron chi connectivity index (χ2n) is 8.56. The lowest BCUT2D eigenvalue weighted by Gasteiger charge is -2.28. The average molecular weight is 495 g/mol. The summed E-state index contributed by atoms with van der Waals surface area (Å²) in [6, 6.07) is 16.0. The first kappa shape index (κ1) is 26.7. The van der Waals surface area contributed by atoms with E-state index >= 15 is 0 Å². The molecule has 6 nitrogen and oxygen atoms in total. The maximum atomic E-state index is 12.9. The van der Waals surface area contributed by atoms with Gasteiger partial charge in [-0.15, -0.1) is 0 Å². The van der Waals surface area contributed by atoms with Crippen LogP contribution in [0.3, 0.4) is 0 Å². The molecule has 0 saturated heterocycles. The van der Waals surface area contributed by atoms with E-state index in [4.69, 9.17) is 17.0 Å². The standard InChI is InChI=1S/C28H38N4O2S/c1-5-21-14-15-24-22(18-21)19-23(27(33)29-24)20-32(17-11-16-31(6-2)7-3)28(35)30-25-12-9-10-13-26(25)34-8-4/h9-10,12-15,18-19H,5-8,11,16-17,20H2,1-4H3,(H,29,33)(H,30,35). The summed E-state index contributed by atoms with van der Waals surface area (Å²) in [6.07, 6.45) is 1.90. The molecule has 1 aromatic heterocycles. The number of nitrogens with zero attached hydrogens (tertiary/aromatic N) is 2. The fourth-order valence-corrected chi connectivity index (χ4v) is 4.43. The number of hydrogen-bond donors (Lipinski definition) is 2. The summed E-state index contributed by atoms with van der Waals surface area (Å²) in [7, 11) is 0. The highest BCUT2D eigenvalue weighted by Gasteiger charge is 2.16. The summed E-state index contributed by atoms with van der Waals surface area (Å²) in [6.45, 7) is 13.2. The van der Waals surface area contributed by atoms with Crippen LogP contribution in [0.5, 0.6) is 5.75 Å². The highest BCUT2D eigenvalue weighted by molar-refractivity contribution is 7.80. The van der Waals surface area contributed by atoms with E-state index in [1.165, 1.54) is 5.56 Å². The maximum absolute atomic E-state index is 12.9. The summed E-state index contributed by atoms with van der Waals surface area (Å²) >= 11 is 5.85. The molecule has 0 fully saturated rings. The van der Waals surface area contributed by atoms with Crippen molar-refractivity contribution in [3.05, 3.63) is 70.0 Å². The van der Waals surface area contributed by atoms with E-state index in [2.05, 4.69) is 53.0 Å². The quantitative estimate of drug-likeness (QED) is 0.328. The number of para-hydroxylation sites is 2. The molecule has 35 heavy (non-hydrogen) atoms. The number of aromatic amines is 1. The number of fused-ring (bicyclic) bond motifs is 1. The van der Waals surface area contributed by atoms with Crippen LogP contribution in [0.25, 0.3) is 10.9 Å². The number of anilines is 1. The number of nitrogens with one attached hydrogen (secondary N) is 2. The van der Waals surface area contributed by atoms with Crippen LogP contribution in [0.15, 0.2) is 53.3 Å². The van der Waals surface area contributed by atoms with Crippen molar-refractivity contribution in [2.75, 3.05) is 38.1 Å². The number of thiocarbonyl (C=S) groups is 1. The highest BCUT2D eigenvalue weighted by atomic mass is 32.1. The second kappa shape index (κ2) is 13.3. The Morgan fingerprint density at radius 2 is 1.80 bits per heavy atom. The lowest BCUT2D eigenvalue weighted by atomic mass is 10.1. The van der Waals surface area contributed by atoms with Crippen LogP contribution in [0.4, 0.5) is 5.69 Å². The van der Waals surface area contributed by atoms with Crippen LogP contribution in [-0.2, 0) is 13.0 Å². The van der Waals surface area contributed by atoms with Gasteiger partial charge in [-0.25, -0.2) is 0 Å². The van der Waals surface area contributed by atoms with Crippen molar-refractivity contribution in [3.63, 3.8) is 0 Å². The zero-order valence-corrected chi connectivity index (χ0v) is 22.2. The predicted molar refractivity (Wildman–Crippen MR) is 151 cm³/mol. The molecule has 0 amide bonds. The van der Waals surface area contributed by atoms with Gasteiger partial charge in [0.25, 0.3) is 5.56 Å². The number of pyridine rings is 1. The largest absolute Gasteiger partial charge is 0.492 e. The zero-order chi connectivity index (χ0) is 25.2. The van der Waals surface area contributed by atoms with Crippen LogP contribution in [0, 0.1) is 0 Å². The fraction of sp³-hybridized carbons (Fsp3) is 0.429. The molecule has 3 aromatic rings. The summed E-state index contributed by atoms with van der Waals surface area (Å²) in [5.74, 6) is 0.760. The Morgan fingerprint density at radius 1 is 1.03 bits per heavy atom. The molecule has 0 atom stereocenters. The van der Waals surface area contributed by atoms with Crippen LogP contribution in [0.2, 0.25) is 0 Å². The van der Waals surface area contributed by atoms with E-state index in [0.717, 1.165) is 61.4 Å². The maximum Gasteiger partial charge on any atom is 0.253 e. The SMILES string of the molecule is CCOc1ccccc1NC(=S)N(CCCN(CC)CC)Cc1cc2cc(CC)ccc2[nH]c1=O. The first-order chi connectivity index (χ1) is 17.0. The minimum atomic E-state index is -0.0759. The molecule has 0 saturated carbocycles. The third-order valence-corrected chi connectivity index (χ3v) is 6.63. The fourth-order valence-electron chi connectivity index (χ4n) is 4.17. The van der Waals surface area contributed by atoms with E-state index in [-0.39, 0.29) is 5.56 Å². The van der Waals surface area contributed by atoms with E-state index in [1.807, 2.05) is 43.3 Å². The van der Waals surface area contributed by atoms with E-state index in [0.29, 0.717) is 23.8 Å². The smallest absolute Gasteiger partial charge is 0.253 e. The van der Waals surface area contributed by atoms with Gasteiger partial charge in [-0.1, -0.05) is 39.0 Å². The Balaban J connectivity index is 1.86. The van der Waals surface area contributed by atoms with Gasteiger partial charge in [0.1, 0.15) is 5.75 Å². The lowest BCUT2D eigenvalue weighted by molar-refractivity contribution is 0.281. The Bertz CT molecular complexity index is 1170. The van der Waals surface area contributed by atoms with Gasteiger partial charge < -0.3 is 24.8 Å². The van der Waals surface area contributed by atoms with Crippen LogP contribution >= 0.6 is 12.2 Å². The van der Waals surface area contributed by atoms with Gasteiger partial charge in [-0.05, 0) is 92.9 Å². The Kier molecular flexibility index (Phi) is 10.1. The van der Waals surface area contributed by atoms with E-state index < -0.39 is 0 Å². The van der Waals surface area contributed by atoms with Gasteiger partial charge in [0, 0.05) is 17.6 Å². The lowest BCUT2D eigenvalue weighted by Crippen LogP contribution is -2.38. The third-order valence-electron chi connectivity index (χ3n) is 6.27. The molecule has 0 bridgehead atoms. The Morgan fingerprint density at radius 3 is 2.51 bits per heavy atom. The van der Waals surface area contributed by atoms with Crippen molar-refractivity contribution in [1.82, 2.24) is 14.8 Å². The third kappa shape index (κ3) is 7.29. The first-order valence-electron chi connectivity index (χ1n) is 12.6. The number of rotatable bonds is 12. The summed E-state index contributed by atoms with van der Waals surface area (Å²) < 4.78 is 5.76. The molecule has 188 valence electrons. The molecular weight excluding hydrogens is 456 g/mol. The van der Waals surface area contributed by atoms with Gasteiger partial charge in [0.15, 0.2) is 5.11 Å². The predicted octanol–water partition coefficient (Wildman–Crippen LogP) is 5.42. The number of aromatic nitrogens is 1. The van der Waals surface area contributed by atoms with E-state index in [9.17, 15) is 4.79 Å². The van der Waals surface area contributed by atoms with Crippen molar-refractivity contribution < 1.29 is 4.74 Å². The molecule has 3 rings (SSSR count). The molecule has 0 aliphatic rings. The van der Waals surface area contributed by atoms with Crippen LogP contribution < -0.4 is 15.6 Å². The number of aryl methyl sites for hydroxylation is 1. The van der Waals surface area contributed by atoms with Crippen molar-refractivity contribution in [1.29, 1.82) is 0 Å². The highest BCUT2D eigenvalue weighted by Crippen LogP contribution is 2.24. The van der Waals surface area contributed by atoms with Crippen LogP contribution in [0.1, 0.15) is 45.2 Å². The van der Waals surface area contributed by atoms with Gasteiger partial charge >= 0.3 is 0 Å². The summed E-state index contributed by atoms with van der Waals surface area (Å²) in [4.78, 5) is 20.5. The van der Waals surface area contributed by atoms with Crippen molar-refractivity contribution in [2.24, 2.45) is 0 Å². The zero-order valence-electron chi connectivity index (χ0n) is 21.4. The molecule has 0 radical (unpaired) electrons. The molecule has 0 spiro atoms. The molecular formula is C28H38N4O2S. The first-order valence-corrected chi connectivity index (χ1v) is 13.0. The Hall–Kier alpha value is -2.90.